The van der Waals surface area contributed by atoms with Crippen molar-refractivity contribution < 1.29 is 0 Å². The number of fused-ring (bicyclic) bond motifs is 2. The van der Waals surface area contributed by atoms with E-state index in [1.807, 2.05) is 0 Å². The summed E-state index contributed by atoms with van der Waals surface area (Å²) in [7, 11) is 0. The molecule has 1 saturated carbocycles. The van der Waals surface area contributed by atoms with E-state index in [4.69, 9.17) is 0 Å². The highest BCUT2D eigenvalue weighted by molar-refractivity contribution is 5.34. The van der Waals surface area contributed by atoms with Gasteiger partial charge in [-0.2, -0.15) is 0 Å². The Morgan fingerprint density at radius 2 is 1.88 bits per heavy atom. The van der Waals surface area contributed by atoms with Crippen LogP contribution >= 0.6 is 0 Å². The van der Waals surface area contributed by atoms with Crippen LogP contribution in [0.1, 0.15) is 39.2 Å². The molecule has 90 valence electrons. The number of allylic oxidation sites excluding steroid dienone is 2. The van der Waals surface area contributed by atoms with E-state index in [2.05, 4.69) is 57.2 Å². The molecule has 0 aromatic heterocycles. The van der Waals surface area contributed by atoms with Gasteiger partial charge in [0.15, 0.2) is 0 Å². The molecule has 0 saturated heterocycles. The summed E-state index contributed by atoms with van der Waals surface area (Å²) in [4.78, 5) is 0. The van der Waals surface area contributed by atoms with E-state index in [0.717, 1.165) is 5.92 Å². The Morgan fingerprint density at radius 3 is 2.41 bits per heavy atom. The zero-order chi connectivity index (χ0) is 12.1. The molecule has 2 aliphatic carbocycles. The Labute approximate surface area is 105 Å². The van der Waals surface area contributed by atoms with Gasteiger partial charge in [0.25, 0.3) is 0 Å². The van der Waals surface area contributed by atoms with Crippen LogP contribution in [0.15, 0.2) is 42.0 Å². The molecule has 2 atom stereocenters. The first-order chi connectivity index (χ1) is 8.06. The molecular formula is C17H22. The molecule has 2 aliphatic rings. The van der Waals surface area contributed by atoms with Crippen molar-refractivity contribution in [2.45, 2.75) is 40.0 Å². The van der Waals surface area contributed by atoms with E-state index < -0.39 is 0 Å². The molecule has 0 aliphatic heterocycles. The molecule has 0 heterocycles. The summed E-state index contributed by atoms with van der Waals surface area (Å²) in [5.74, 6) is 0.811. The first-order valence-electron chi connectivity index (χ1n) is 6.79. The lowest BCUT2D eigenvalue weighted by Crippen LogP contribution is -2.34. The van der Waals surface area contributed by atoms with E-state index in [9.17, 15) is 0 Å². The Kier molecular flexibility index (Phi) is 2.26. The van der Waals surface area contributed by atoms with E-state index >= 15 is 0 Å². The van der Waals surface area contributed by atoms with Gasteiger partial charge in [-0.1, -0.05) is 55.8 Å². The lowest BCUT2D eigenvalue weighted by molar-refractivity contribution is 0.149. The van der Waals surface area contributed by atoms with Crippen LogP contribution in [0.25, 0.3) is 0 Å². The van der Waals surface area contributed by atoms with Crippen molar-refractivity contribution in [3.63, 3.8) is 0 Å². The van der Waals surface area contributed by atoms with Crippen molar-refractivity contribution in [1.82, 2.24) is 0 Å². The van der Waals surface area contributed by atoms with Crippen LogP contribution in [-0.4, -0.2) is 0 Å². The van der Waals surface area contributed by atoms with Crippen LogP contribution < -0.4 is 0 Å². The zero-order valence-corrected chi connectivity index (χ0v) is 11.2. The van der Waals surface area contributed by atoms with Gasteiger partial charge in [0.05, 0.1) is 0 Å². The SMILES string of the molecule is CC1=CC2CCC1(Cc1ccccc1)C2(C)C. The Bertz CT molecular complexity index is 452. The van der Waals surface area contributed by atoms with E-state index in [0.29, 0.717) is 10.8 Å². The molecule has 0 nitrogen and oxygen atoms in total. The Balaban J connectivity index is 1.98. The highest BCUT2D eigenvalue weighted by atomic mass is 14.6. The molecule has 0 amide bonds. The van der Waals surface area contributed by atoms with Crippen LogP contribution in [0.3, 0.4) is 0 Å². The third kappa shape index (κ3) is 1.36. The minimum Gasteiger partial charge on any atom is -0.0813 e. The summed E-state index contributed by atoms with van der Waals surface area (Å²) < 4.78 is 0. The third-order valence-corrected chi connectivity index (χ3v) is 5.60. The molecule has 0 heteroatoms. The summed E-state index contributed by atoms with van der Waals surface area (Å²) in [5.41, 5.74) is 4.02. The molecule has 17 heavy (non-hydrogen) atoms. The molecule has 1 aromatic carbocycles. The maximum absolute atomic E-state index is 2.55. The monoisotopic (exact) mass is 226 g/mol. The van der Waals surface area contributed by atoms with Gasteiger partial charge in [0.1, 0.15) is 0 Å². The first-order valence-corrected chi connectivity index (χ1v) is 6.79. The normalized spacial score (nSPS) is 33.8. The molecule has 3 rings (SSSR count). The minimum atomic E-state index is 0.430. The van der Waals surface area contributed by atoms with Crippen molar-refractivity contribution >= 4 is 0 Å². The van der Waals surface area contributed by atoms with Crippen LogP contribution in [0.4, 0.5) is 0 Å². The molecule has 2 unspecified atom stereocenters. The quantitative estimate of drug-likeness (QED) is 0.646. The second-order valence-electron chi connectivity index (χ2n) is 6.46. The largest absolute Gasteiger partial charge is 0.0813 e. The van der Waals surface area contributed by atoms with Crippen molar-refractivity contribution in [3.05, 3.63) is 47.5 Å². The summed E-state index contributed by atoms with van der Waals surface area (Å²) in [6.45, 7) is 7.30. The molecule has 0 spiro atoms. The summed E-state index contributed by atoms with van der Waals surface area (Å²) in [6, 6.07) is 11.0. The topological polar surface area (TPSA) is 0 Å². The molecule has 1 fully saturated rings. The molecule has 0 N–H and O–H groups in total. The van der Waals surface area contributed by atoms with E-state index in [-0.39, 0.29) is 0 Å². The number of benzene rings is 1. The second kappa shape index (κ2) is 3.48. The summed E-state index contributed by atoms with van der Waals surface area (Å²) >= 11 is 0. The second-order valence-corrected chi connectivity index (χ2v) is 6.46. The molecule has 2 bridgehead atoms. The molecule has 1 aromatic rings. The van der Waals surface area contributed by atoms with Gasteiger partial charge in [0.2, 0.25) is 0 Å². The zero-order valence-electron chi connectivity index (χ0n) is 11.2. The maximum atomic E-state index is 2.55. The fourth-order valence-corrected chi connectivity index (χ4v) is 4.30. The fraction of sp³-hybridized carbons (Fsp3) is 0.529. The van der Waals surface area contributed by atoms with E-state index in [1.54, 1.807) is 5.57 Å². The van der Waals surface area contributed by atoms with Gasteiger partial charge in [0, 0.05) is 5.41 Å². The standard InChI is InChI=1S/C17H22/c1-13-11-15-9-10-17(13,16(15,2)3)12-14-7-5-4-6-8-14/h4-8,11,15H,9-10,12H2,1-3H3. The third-order valence-electron chi connectivity index (χ3n) is 5.60. The van der Waals surface area contributed by atoms with Gasteiger partial charge in [-0.15, -0.1) is 0 Å². The number of rotatable bonds is 2. The fourth-order valence-electron chi connectivity index (χ4n) is 4.30. The van der Waals surface area contributed by atoms with Crippen LogP contribution in [0.2, 0.25) is 0 Å². The van der Waals surface area contributed by atoms with Crippen molar-refractivity contribution in [3.8, 4) is 0 Å². The van der Waals surface area contributed by atoms with Crippen molar-refractivity contribution in [1.29, 1.82) is 0 Å². The van der Waals surface area contributed by atoms with Crippen molar-refractivity contribution in [2.75, 3.05) is 0 Å². The molecule has 0 radical (unpaired) electrons. The first kappa shape index (κ1) is 11.1. The maximum Gasteiger partial charge on any atom is 0.000649 e. The lowest BCUT2D eigenvalue weighted by Gasteiger charge is -2.40. The van der Waals surface area contributed by atoms with Gasteiger partial charge >= 0.3 is 0 Å². The highest BCUT2D eigenvalue weighted by Crippen LogP contribution is 2.66. The Hall–Kier alpha value is -1.04. The smallest absolute Gasteiger partial charge is 0.000649 e. The van der Waals surface area contributed by atoms with Crippen molar-refractivity contribution in [2.24, 2.45) is 16.7 Å². The highest BCUT2D eigenvalue weighted by Gasteiger charge is 2.58. The van der Waals surface area contributed by atoms with Gasteiger partial charge < -0.3 is 0 Å². The predicted octanol–water partition coefficient (Wildman–Crippen LogP) is 4.61. The van der Waals surface area contributed by atoms with Gasteiger partial charge in [-0.3, -0.25) is 0 Å². The molecular weight excluding hydrogens is 204 g/mol. The van der Waals surface area contributed by atoms with E-state index in [1.165, 1.54) is 24.8 Å². The average molecular weight is 226 g/mol. The summed E-state index contributed by atoms with van der Waals surface area (Å²) in [5, 5.41) is 0. The van der Waals surface area contributed by atoms with Gasteiger partial charge in [-0.05, 0) is 43.1 Å². The Morgan fingerprint density at radius 1 is 1.18 bits per heavy atom. The van der Waals surface area contributed by atoms with Crippen LogP contribution in [0.5, 0.6) is 0 Å². The van der Waals surface area contributed by atoms with Gasteiger partial charge in [-0.25, -0.2) is 0 Å². The van der Waals surface area contributed by atoms with Crippen LogP contribution in [-0.2, 0) is 6.42 Å². The lowest BCUT2D eigenvalue weighted by atomic mass is 9.63. The van der Waals surface area contributed by atoms with Crippen LogP contribution in [0, 0.1) is 16.7 Å². The average Bonchev–Trinajstić information content (AvgIpc) is 2.64. The number of hydrogen-bond donors (Lipinski definition) is 0. The predicted molar refractivity (Wildman–Crippen MR) is 72.8 cm³/mol. The number of hydrogen-bond acceptors (Lipinski definition) is 0. The summed E-state index contributed by atoms with van der Waals surface area (Å²) in [6.07, 6.45) is 6.53. The minimum absolute atomic E-state index is 0.430.